The molecule has 3 rings (SSSR count). The van der Waals surface area contributed by atoms with Gasteiger partial charge in [-0.3, -0.25) is 9.59 Å². The lowest BCUT2D eigenvalue weighted by Gasteiger charge is -2.26. The molecule has 1 atom stereocenters. The number of aryl methyl sites for hydroxylation is 1. The number of nitrogens with zero attached hydrogens (tertiary/aromatic N) is 2. The van der Waals surface area contributed by atoms with Gasteiger partial charge in [-0.05, 0) is 64.2 Å². The molecule has 1 aromatic carbocycles. The molecule has 2 aromatic rings. The molecule has 1 aliphatic rings. The number of Topliss-reactive ketones (excluding diaryl/α,β-unsaturated/α-hetero) is 1. The third-order valence-electron chi connectivity index (χ3n) is 6.02. The summed E-state index contributed by atoms with van der Waals surface area (Å²) < 4.78 is 10.2. The van der Waals surface area contributed by atoms with Gasteiger partial charge in [0.15, 0.2) is 0 Å². The molecule has 1 aromatic heterocycles. The number of benzene rings is 1. The number of hydrogen-bond acceptors (Lipinski definition) is 7. The molecule has 0 spiro atoms. The first-order valence-electron chi connectivity index (χ1n) is 11.0. The minimum absolute atomic E-state index is 0.0234. The second-order valence-corrected chi connectivity index (χ2v) is 8.54. The molecule has 2 heterocycles. The summed E-state index contributed by atoms with van der Waals surface area (Å²) in [6, 6.07) is 6.29. The van der Waals surface area contributed by atoms with Crippen molar-refractivity contribution in [2.45, 2.75) is 26.3 Å². The van der Waals surface area contributed by atoms with Crippen LogP contribution in [0.2, 0.25) is 0 Å². The van der Waals surface area contributed by atoms with Crippen LogP contribution < -0.4 is 4.74 Å². The summed E-state index contributed by atoms with van der Waals surface area (Å²) in [5, 5.41) is 11.4. The van der Waals surface area contributed by atoms with E-state index in [1.165, 1.54) is 19.1 Å². The number of ether oxygens (including phenoxy) is 2. The quantitative estimate of drug-likeness (QED) is 0.265. The van der Waals surface area contributed by atoms with Gasteiger partial charge in [-0.15, -0.1) is 0 Å². The lowest BCUT2D eigenvalue weighted by molar-refractivity contribution is -0.139. The van der Waals surface area contributed by atoms with E-state index in [1.807, 2.05) is 19.0 Å². The number of aromatic amines is 1. The number of carbonyl (C=O) groups excluding carboxylic acids is 3. The highest BCUT2D eigenvalue weighted by Gasteiger charge is 2.46. The lowest BCUT2D eigenvalue weighted by Crippen LogP contribution is -2.32. The fourth-order valence-electron chi connectivity index (χ4n) is 4.37. The van der Waals surface area contributed by atoms with Crippen LogP contribution in [-0.2, 0) is 14.3 Å². The highest BCUT2D eigenvalue weighted by Crippen LogP contribution is 2.41. The van der Waals surface area contributed by atoms with Gasteiger partial charge in [0, 0.05) is 17.8 Å². The van der Waals surface area contributed by atoms with E-state index in [1.54, 1.807) is 38.1 Å². The van der Waals surface area contributed by atoms with Gasteiger partial charge in [0.1, 0.15) is 17.2 Å². The summed E-state index contributed by atoms with van der Waals surface area (Å²) in [7, 11) is 6.67. The first-order valence-corrected chi connectivity index (χ1v) is 11.0. The molecule has 182 valence electrons. The van der Waals surface area contributed by atoms with E-state index in [-0.39, 0.29) is 17.0 Å². The predicted octanol–water partition coefficient (Wildman–Crippen LogP) is 2.80. The Morgan fingerprint density at radius 1 is 1.21 bits per heavy atom. The number of H-pyrrole nitrogens is 1. The molecule has 0 bridgehead atoms. The van der Waals surface area contributed by atoms with Crippen molar-refractivity contribution in [3.8, 4) is 5.75 Å². The Hall–Kier alpha value is -3.59. The van der Waals surface area contributed by atoms with Gasteiger partial charge >= 0.3 is 5.97 Å². The van der Waals surface area contributed by atoms with E-state index in [9.17, 15) is 19.5 Å². The molecule has 1 fully saturated rings. The van der Waals surface area contributed by atoms with Crippen molar-refractivity contribution in [1.29, 1.82) is 0 Å². The number of aliphatic hydroxyl groups excluding tert-OH is 1. The summed E-state index contributed by atoms with van der Waals surface area (Å²) in [6.07, 6.45) is 0.648. The van der Waals surface area contributed by atoms with Crippen molar-refractivity contribution < 1.29 is 29.0 Å². The molecule has 1 amide bonds. The van der Waals surface area contributed by atoms with Crippen LogP contribution in [0.15, 0.2) is 29.8 Å². The normalized spacial score (nSPS) is 17.5. The highest BCUT2D eigenvalue weighted by atomic mass is 16.5. The number of aromatic nitrogens is 1. The van der Waals surface area contributed by atoms with Crippen LogP contribution in [0.4, 0.5) is 0 Å². The zero-order valence-corrected chi connectivity index (χ0v) is 20.4. The number of rotatable bonds is 8. The van der Waals surface area contributed by atoms with Crippen molar-refractivity contribution in [2.75, 3.05) is 41.4 Å². The maximum atomic E-state index is 13.2. The van der Waals surface area contributed by atoms with E-state index in [2.05, 4.69) is 4.98 Å². The fraction of sp³-hybridized carbons (Fsp3) is 0.400. The van der Waals surface area contributed by atoms with Crippen molar-refractivity contribution in [3.05, 3.63) is 57.9 Å². The van der Waals surface area contributed by atoms with Crippen LogP contribution >= 0.6 is 0 Å². The number of nitrogens with one attached hydrogen (secondary N) is 1. The average molecular weight is 470 g/mol. The van der Waals surface area contributed by atoms with Crippen molar-refractivity contribution >= 4 is 23.4 Å². The highest BCUT2D eigenvalue weighted by molar-refractivity contribution is 6.46. The SMILES string of the molecule is COC(=O)c1[nH]c(C)c(C(O)=C2C(=O)C(=O)N(CCCN(C)C)[C@@H]2c2cccc(OC)c2)c1C. The molecule has 0 radical (unpaired) electrons. The molecule has 0 aliphatic carbocycles. The van der Waals surface area contributed by atoms with Crippen LogP contribution in [0.25, 0.3) is 5.76 Å². The van der Waals surface area contributed by atoms with Crippen LogP contribution in [0.1, 0.15) is 45.3 Å². The van der Waals surface area contributed by atoms with Crippen LogP contribution in [0, 0.1) is 13.8 Å². The van der Waals surface area contributed by atoms with Crippen LogP contribution in [0.3, 0.4) is 0 Å². The van der Waals surface area contributed by atoms with E-state index >= 15 is 0 Å². The largest absolute Gasteiger partial charge is 0.507 e. The third-order valence-corrected chi connectivity index (χ3v) is 6.02. The summed E-state index contributed by atoms with van der Waals surface area (Å²) >= 11 is 0. The predicted molar refractivity (Wildman–Crippen MR) is 127 cm³/mol. The molecule has 9 nitrogen and oxygen atoms in total. The Bertz CT molecular complexity index is 1150. The number of amides is 1. The van der Waals surface area contributed by atoms with Crippen LogP contribution in [-0.4, -0.2) is 79.0 Å². The minimum atomic E-state index is -0.799. The van der Waals surface area contributed by atoms with Gasteiger partial charge < -0.3 is 29.4 Å². The summed E-state index contributed by atoms with van der Waals surface area (Å²) in [4.78, 5) is 44.9. The van der Waals surface area contributed by atoms with E-state index in [0.717, 1.165) is 6.54 Å². The molecule has 1 aliphatic heterocycles. The Kier molecular flexibility index (Phi) is 7.46. The smallest absolute Gasteiger partial charge is 0.354 e. The topological polar surface area (TPSA) is 112 Å². The van der Waals surface area contributed by atoms with E-state index in [0.29, 0.717) is 41.1 Å². The second-order valence-electron chi connectivity index (χ2n) is 8.54. The molecule has 34 heavy (non-hydrogen) atoms. The molecule has 2 N–H and O–H groups in total. The van der Waals surface area contributed by atoms with Gasteiger partial charge in [0.2, 0.25) is 0 Å². The maximum Gasteiger partial charge on any atom is 0.354 e. The lowest BCUT2D eigenvalue weighted by atomic mass is 9.94. The Labute approximate surface area is 199 Å². The second kappa shape index (κ2) is 10.1. The van der Waals surface area contributed by atoms with Gasteiger partial charge in [0.25, 0.3) is 11.7 Å². The Morgan fingerprint density at radius 2 is 1.91 bits per heavy atom. The number of carbonyl (C=O) groups is 3. The van der Waals surface area contributed by atoms with Gasteiger partial charge in [-0.25, -0.2) is 4.79 Å². The standard InChI is InChI=1S/C25H31N3O6/c1-14-18(15(2)26-20(14)25(32)34-6)22(29)19-21(16-9-7-10-17(13-16)33-5)28(24(31)23(19)30)12-8-11-27(3)4/h7,9-10,13,21,26,29H,8,11-12H2,1-6H3/t21-/m1/s1. The number of aliphatic hydroxyl groups is 1. The van der Waals surface area contributed by atoms with Gasteiger partial charge in [-0.2, -0.15) is 0 Å². The zero-order chi connectivity index (χ0) is 25.2. The average Bonchev–Trinajstić information content (AvgIpc) is 3.25. The molecule has 0 saturated carbocycles. The van der Waals surface area contributed by atoms with E-state index < -0.39 is 23.7 Å². The molecule has 9 heteroatoms. The maximum absolute atomic E-state index is 13.2. The number of methoxy groups -OCH3 is 2. The van der Waals surface area contributed by atoms with Crippen molar-refractivity contribution in [1.82, 2.24) is 14.8 Å². The van der Waals surface area contributed by atoms with Crippen molar-refractivity contribution in [3.63, 3.8) is 0 Å². The number of hydrogen-bond donors (Lipinski definition) is 2. The van der Waals surface area contributed by atoms with Crippen LogP contribution in [0.5, 0.6) is 5.75 Å². The first-order chi connectivity index (χ1) is 16.1. The Balaban J connectivity index is 2.19. The minimum Gasteiger partial charge on any atom is -0.507 e. The number of esters is 1. The van der Waals surface area contributed by atoms with Gasteiger partial charge in [-0.1, -0.05) is 12.1 Å². The zero-order valence-electron chi connectivity index (χ0n) is 20.4. The van der Waals surface area contributed by atoms with Gasteiger partial charge in [0.05, 0.1) is 25.8 Å². The summed E-state index contributed by atoms with van der Waals surface area (Å²) in [5.74, 6) is -1.80. The first kappa shape index (κ1) is 25.0. The van der Waals surface area contributed by atoms with Crippen molar-refractivity contribution in [2.24, 2.45) is 0 Å². The molecular formula is C25H31N3O6. The fourth-order valence-corrected chi connectivity index (χ4v) is 4.37. The number of ketones is 1. The molecule has 1 saturated heterocycles. The number of likely N-dealkylation sites (tertiary alicyclic amines) is 1. The Morgan fingerprint density at radius 3 is 2.53 bits per heavy atom. The monoisotopic (exact) mass is 469 g/mol. The summed E-state index contributed by atoms with van der Waals surface area (Å²) in [5.41, 5.74) is 2.02. The molecule has 0 unspecified atom stereocenters. The summed E-state index contributed by atoms with van der Waals surface area (Å²) in [6.45, 7) is 4.40. The third kappa shape index (κ3) is 4.56. The molecular weight excluding hydrogens is 438 g/mol. The van der Waals surface area contributed by atoms with E-state index in [4.69, 9.17) is 9.47 Å².